The average Bonchev–Trinajstić information content (AvgIpc) is 2.51. The van der Waals surface area contributed by atoms with Gasteiger partial charge in [-0.15, -0.1) is 0 Å². The van der Waals surface area contributed by atoms with Crippen LogP contribution in [0.1, 0.15) is 31.7 Å². The van der Waals surface area contributed by atoms with Crippen molar-refractivity contribution in [1.29, 1.82) is 0 Å². The summed E-state index contributed by atoms with van der Waals surface area (Å²) in [6.45, 7) is 4.42. The van der Waals surface area contributed by atoms with Gasteiger partial charge in [-0.05, 0) is 41.1 Å². The van der Waals surface area contributed by atoms with Crippen molar-refractivity contribution in [2.24, 2.45) is 13.0 Å². The van der Waals surface area contributed by atoms with Crippen LogP contribution in [0, 0.1) is 5.92 Å². The molecule has 0 amide bonds. The van der Waals surface area contributed by atoms with E-state index in [1.54, 1.807) is 0 Å². The second-order valence-electron chi connectivity index (χ2n) is 4.01. The first kappa shape index (κ1) is 12.7. The summed E-state index contributed by atoms with van der Waals surface area (Å²) >= 11 is 3.59. The molecule has 0 aliphatic heterocycles. The van der Waals surface area contributed by atoms with Crippen molar-refractivity contribution < 1.29 is 5.11 Å². The van der Waals surface area contributed by atoms with Crippen LogP contribution in [0.15, 0.2) is 4.47 Å². The Labute approximate surface area is 99.6 Å². The molecule has 1 atom stereocenters. The third-order valence-corrected chi connectivity index (χ3v) is 3.60. The lowest BCUT2D eigenvalue weighted by atomic mass is 10.1. The molecule has 0 fully saturated rings. The SMILES string of the molecule is CCc1nn(C)c(CCC(C)CO)c1Br. The molecule has 0 spiro atoms. The summed E-state index contributed by atoms with van der Waals surface area (Å²) in [5, 5.41) is 13.4. The zero-order valence-corrected chi connectivity index (χ0v) is 11.2. The first-order chi connectivity index (χ1) is 7.10. The molecule has 1 rings (SSSR count). The molecule has 1 unspecified atom stereocenters. The van der Waals surface area contributed by atoms with Gasteiger partial charge in [0.1, 0.15) is 0 Å². The minimum atomic E-state index is 0.260. The van der Waals surface area contributed by atoms with Crippen LogP contribution in [0.5, 0.6) is 0 Å². The maximum Gasteiger partial charge on any atom is 0.0766 e. The highest BCUT2D eigenvalue weighted by atomic mass is 79.9. The van der Waals surface area contributed by atoms with E-state index in [2.05, 4.69) is 34.9 Å². The molecule has 86 valence electrons. The molecule has 0 bridgehead atoms. The Balaban J connectivity index is 2.72. The van der Waals surface area contributed by atoms with Crippen LogP contribution in [0.4, 0.5) is 0 Å². The summed E-state index contributed by atoms with van der Waals surface area (Å²) in [6.07, 6.45) is 2.91. The Morgan fingerprint density at radius 1 is 1.53 bits per heavy atom. The predicted octanol–water partition coefficient (Wildman–Crippen LogP) is 2.31. The normalized spacial score (nSPS) is 13.1. The second kappa shape index (κ2) is 5.66. The standard InChI is InChI=1S/C11H19BrN2O/c1-4-9-11(12)10(14(3)13-9)6-5-8(2)7-15/h8,15H,4-7H2,1-3H3. The van der Waals surface area contributed by atoms with Gasteiger partial charge in [0.2, 0.25) is 0 Å². The Morgan fingerprint density at radius 3 is 2.67 bits per heavy atom. The third kappa shape index (κ3) is 3.05. The molecule has 3 nitrogen and oxygen atoms in total. The van der Waals surface area contributed by atoms with Gasteiger partial charge in [0, 0.05) is 13.7 Å². The zero-order valence-electron chi connectivity index (χ0n) is 9.63. The van der Waals surface area contributed by atoms with E-state index in [9.17, 15) is 0 Å². The number of hydrogen-bond acceptors (Lipinski definition) is 2. The molecule has 0 saturated heterocycles. The lowest BCUT2D eigenvalue weighted by Crippen LogP contribution is -2.05. The Kier molecular flexibility index (Phi) is 4.80. The number of halogens is 1. The second-order valence-corrected chi connectivity index (χ2v) is 4.80. The van der Waals surface area contributed by atoms with Crippen LogP contribution in [-0.2, 0) is 19.9 Å². The molecule has 0 saturated carbocycles. The molecule has 0 aliphatic carbocycles. The van der Waals surface area contributed by atoms with E-state index in [0.717, 1.165) is 29.4 Å². The minimum Gasteiger partial charge on any atom is -0.396 e. The summed E-state index contributed by atoms with van der Waals surface area (Å²) in [6, 6.07) is 0. The van der Waals surface area contributed by atoms with Gasteiger partial charge in [0.15, 0.2) is 0 Å². The molecule has 1 heterocycles. The number of aromatic nitrogens is 2. The van der Waals surface area contributed by atoms with E-state index in [4.69, 9.17) is 5.11 Å². The van der Waals surface area contributed by atoms with E-state index in [0.29, 0.717) is 5.92 Å². The van der Waals surface area contributed by atoms with Crippen molar-refractivity contribution in [2.75, 3.05) is 6.61 Å². The lowest BCUT2D eigenvalue weighted by Gasteiger charge is -2.07. The van der Waals surface area contributed by atoms with Crippen molar-refractivity contribution >= 4 is 15.9 Å². The quantitative estimate of drug-likeness (QED) is 0.895. The highest BCUT2D eigenvalue weighted by Crippen LogP contribution is 2.23. The smallest absolute Gasteiger partial charge is 0.0766 e. The average molecular weight is 275 g/mol. The highest BCUT2D eigenvalue weighted by molar-refractivity contribution is 9.10. The number of aryl methyl sites for hydroxylation is 2. The number of aliphatic hydroxyl groups is 1. The fourth-order valence-electron chi connectivity index (χ4n) is 1.57. The fraction of sp³-hybridized carbons (Fsp3) is 0.727. The van der Waals surface area contributed by atoms with Crippen molar-refractivity contribution in [3.8, 4) is 0 Å². The number of nitrogens with zero attached hydrogens (tertiary/aromatic N) is 2. The highest BCUT2D eigenvalue weighted by Gasteiger charge is 2.13. The number of aliphatic hydroxyl groups excluding tert-OH is 1. The first-order valence-corrected chi connectivity index (χ1v) is 6.20. The monoisotopic (exact) mass is 274 g/mol. The minimum absolute atomic E-state index is 0.260. The summed E-state index contributed by atoms with van der Waals surface area (Å²) < 4.78 is 3.07. The van der Waals surface area contributed by atoms with Crippen LogP contribution < -0.4 is 0 Å². The molecule has 0 radical (unpaired) electrons. The van der Waals surface area contributed by atoms with Gasteiger partial charge >= 0.3 is 0 Å². The number of hydrogen-bond donors (Lipinski definition) is 1. The zero-order chi connectivity index (χ0) is 11.4. The number of rotatable bonds is 5. The van der Waals surface area contributed by atoms with Gasteiger partial charge in [-0.2, -0.15) is 5.10 Å². The molecule has 1 aromatic rings. The van der Waals surface area contributed by atoms with E-state index in [1.165, 1.54) is 5.69 Å². The largest absolute Gasteiger partial charge is 0.396 e. The van der Waals surface area contributed by atoms with Gasteiger partial charge in [0.25, 0.3) is 0 Å². The molecule has 1 N–H and O–H groups in total. The van der Waals surface area contributed by atoms with Gasteiger partial charge in [0.05, 0.1) is 15.9 Å². The Bertz CT molecular complexity index is 323. The molecular formula is C11H19BrN2O. The lowest BCUT2D eigenvalue weighted by molar-refractivity contribution is 0.230. The van der Waals surface area contributed by atoms with Crippen molar-refractivity contribution in [1.82, 2.24) is 9.78 Å². The maximum atomic E-state index is 8.97. The van der Waals surface area contributed by atoms with Crippen LogP contribution in [0.25, 0.3) is 0 Å². The molecule has 0 aromatic carbocycles. The van der Waals surface area contributed by atoms with Crippen LogP contribution in [-0.4, -0.2) is 21.5 Å². The van der Waals surface area contributed by atoms with Crippen LogP contribution in [0.2, 0.25) is 0 Å². The topological polar surface area (TPSA) is 38.0 Å². The van der Waals surface area contributed by atoms with Crippen molar-refractivity contribution in [3.63, 3.8) is 0 Å². The summed E-state index contributed by atoms with van der Waals surface area (Å²) in [5.74, 6) is 0.358. The van der Waals surface area contributed by atoms with E-state index < -0.39 is 0 Å². The third-order valence-electron chi connectivity index (χ3n) is 2.69. The maximum absolute atomic E-state index is 8.97. The Morgan fingerprint density at radius 2 is 2.20 bits per heavy atom. The van der Waals surface area contributed by atoms with E-state index in [-0.39, 0.29) is 6.61 Å². The van der Waals surface area contributed by atoms with Crippen molar-refractivity contribution in [2.45, 2.75) is 33.1 Å². The van der Waals surface area contributed by atoms with Gasteiger partial charge in [-0.3, -0.25) is 4.68 Å². The van der Waals surface area contributed by atoms with Gasteiger partial charge in [-0.25, -0.2) is 0 Å². The molecule has 0 aliphatic rings. The van der Waals surface area contributed by atoms with Crippen LogP contribution >= 0.6 is 15.9 Å². The fourth-order valence-corrected chi connectivity index (χ4v) is 2.38. The Hall–Kier alpha value is -0.350. The van der Waals surface area contributed by atoms with Gasteiger partial charge in [-0.1, -0.05) is 13.8 Å². The van der Waals surface area contributed by atoms with E-state index >= 15 is 0 Å². The first-order valence-electron chi connectivity index (χ1n) is 5.41. The summed E-state index contributed by atoms with van der Waals surface area (Å²) in [5.41, 5.74) is 2.34. The van der Waals surface area contributed by atoms with Gasteiger partial charge < -0.3 is 5.11 Å². The molecular weight excluding hydrogens is 256 g/mol. The molecule has 15 heavy (non-hydrogen) atoms. The summed E-state index contributed by atoms with van der Waals surface area (Å²) in [4.78, 5) is 0. The van der Waals surface area contributed by atoms with Crippen LogP contribution in [0.3, 0.4) is 0 Å². The predicted molar refractivity (Wildman–Crippen MR) is 64.9 cm³/mol. The molecule has 4 heteroatoms. The van der Waals surface area contributed by atoms with Crippen molar-refractivity contribution in [3.05, 3.63) is 15.9 Å². The molecule has 1 aromatic heterocycles. The summed E-state index contributed by atoms with van der Waals surface area (Å²) in [7, 11) is 1.98. The van der Waals surface area contributed by atoms with E-state index in [1.807, 2.05) is 11.7 Å².